The monoisotopic (exact) mass is 316 g/mol. The fourth-order valence-electron chi connectivity index (χ4n) is 2.19. The lowest BCUT2D eigenvalue weighted by Gasteiger charge is -2.30. The number of hydrogen-bond acceptors (Lipinski definition) is 5. The van der Waals surface area contributed by atoms with Crippen LogP contribution in [0.5, 0.6) is 0 Å². The standard InChI is InChI=1S/C12H16N4O2S.ClH/c1-14-11-4-7-16(8-5-11)19(17,18)12-10(9-13)3-2-6-15-12;/h2-3,6,11,14H,4-5,7-8H2,1H3;1H. The van der Waals surface area contributed by atoms with Gasteiger partial charge < -0.3 is 5.32 Å². The van der Waals surface area contributed by atoms with Crippen molar-refractivity contribution in [3.63, 3.8) is 0 Å². The second kappa shape index (κ2) is 6.99. The Hall–Kier alpha value is -1.20. The molecule has 2 rings (SSSR count). The number of piperidine rings is 1. The molecule has 0 atom stereocenters. The van der Waals surface area contributed by atoms with E-state index in [1.54, 1.807) is 6.07 Å². The summed E-state index contributed by atoms with van der Waals surface area (Å²) in [7, 11) is -1.79. The molecule has 1 aromatic rings. The lowest BCUT2D eigenvalue weighted by Crippen LogP contribution is -2.44. The smallest absolute Gasteiger partial charge is 0.261 e. The van der Waals surface area contributed by atoms with Crippen LogP contribution < -0.4 is 5.32 Å². The Morgan fingerprint density at radius 1 is 1.45 bits per heavy atom. The number of nitriles is 1. The van der Waals surface area contributed by atoms with Gasteiger partial charge in [0.25, 0.3) is 10.0 Å². The zero-order chi connectivity index (χ0) is 13.9. The van der Waals surface area contributed by atoms with Crippen LogP contribution in [0.15, 0.2) is 23.4 Å². The third-order valence-corrected chi connectivity index (χ3v) is 5.20. The van der Waals surface area contributed by atoms with E-state index in [1.807, 2.05) is 13.1 Å². The Labute approximate surface area is 125 Å². The van der Waals surface area contributed by atoms with Gasteiger partial charge in [-0.25, -0.2) is 13.4 Å². The first-order chi connectivity index (χ1) is 9.09. The van der Waals surface area contributed by atoms with Crippen molar-refractivity contribution in [3.05, 3.63) is 23.9 Å². The molecular formula is C12H17ClN4O2S. The highest BCUT2D eigenvalue weighted by atomic mass is 35.5. The minimum Gasteiger partial charge on any atom is -0.317 e. The van der Waals surface area contributed by atoms with Crippen molar-refractivity contribution in [1.29, 1.82) is 5.26 Å². The summed E-state index contributed by atoms with van der Waals surface area (Å²) in [6, 6.07) is 5.27. The molecule has 0 unspecified atom stereocenters. The van der Waals surface area contributed by atoms with E-state index in [-0.39, 0.29) is 23.0 Å². The van der Waals surface area contributed by atoms with E-state index < -0.39 is 10.0 Å². The second-order valence-electron chi connectivity index (χ2n) is 4.43. The highest BCUT2D eigenvalue weighted by Crippen LogP contribution is 2.21. The Bertz CT molecular complexity index is 592. The summed E-state index contributed by atoms with van der Waals surface area (Å²) in [4.78, 5) is 3.87. The van der Waals surface area contributed by atoms with Crippen LogP contribution in [0.2, 0.25) is 0 Å². The number of hydrogen-bond donors (Lipinski definition) is 1. The van der Waals surface area contributed by atoms with Crippen molar-refractivity contribution >= 4 is 22.4 Å². The Morgan fingerprint density at radius 3 is 2.65 bits per heavy atom. The highest BCUT2D eigenvalue weighted by Gasteiger charge is 2.31. The molecule has 110 valence electrons. The van der Waals surface area contributed by atoms with Crippen molar-refractivity contribution < 1.29 is 8.42 Å². The number of rotatable bonds is 3. The van der Waals surface area contributed by atoms with Crippen LogP contribution >= 0.6 is 12.4 Å². The van der Waals surface area contributed by atoms with Gasteiger partial charge >= 0.3 is 0 Å². The summed E-state index contributed by atoms with van der Waals surface area (Å²) >= 11 is 0. The molecule has 0 spiro atoms. The summed E-state index contributed by atoms with van der Waals surface area (Å²) < 4.78 is 26.3. The van der Waals surface area contributed by atoms with Crippen LogP contribution in [-0.4, -0.2) is 43.9 Å². The largest absolute Gasteiger partial charge is 0.317 e. The minimum absolute atomic E-state index is 0. The van der Waals surface area contributed by atoms with Crippen LogP contribution in [0, 0.1) is 11.3 Å². The zero-order valence-electron chi connectivity index (χ0n) is 11.1. The third kappa shape index (κ3) is 3.27. The molecule has 1 N–H and O–H groups in total. The number of nitrogens with one attached hydrogen (secondary N) is 1. The summed E-state index contributed by atoms with van der Waals surface area (Å²) in [5, 5.41) is 12.0. The Kier molecular flexibility index (Phi) is 5.89. The molecule has 0 saturated carbocycles. The third-order valence-electron chi connectivity index (χ3n) is 3.34. The number of halogens is 1. The molecule has 1 aliphatic rings. The summed E-state index contributed by atoms with van der Waals surface area (Å²) in [6.45, 7) is 0.907. The molecule has 1 fully saturated rings. The topological polar surface area (TPSA) is 86.1 Å². The predicted molar refractivity (Wildman–Crippen MR) is 77.0 cm³/mol. The fraction of sp³-hybridized carbons (Fsp3) is 0.500. The Balaban J connectivity index is 0.00000200. The number of aromatic nitrogens is 1. The van der Waals surface area contributed by atoms with Gasteiger partial charge in [-0.3, -0.25) is 0 Å². The van der Waals surface area contributed by atoms with Crippen molar-refractivity contribution in [2.75, 3.05) is 20.1 Å². The van der Waals surface area contributed by atoms with Crippen molar-refractivity contribution in [2.24, 2.45) is 0 Å². The zero-order valence-corrected chi connectivity index (χ0v) is 12.7. The van der Waals surface area contributed by atoms with Gasteiger partial charge in [0.2, 0.25) is 0 Å². The molecular weight excluding hydrogens is 300 g/mol. The molecule has 0 aliphatic carbocycles. The molecule has 1 saturated heterocycles. The molecule has 1 aromatic heterocycles. The van der Waals surface area contributed by atoms with Crippen LogP contribution in [0.4, 0.5) is 0 Å². The van der Waals surface area contributed by atoms with Gasteiger partial charge in [-0.15, -0.1) is 12.4 Å². The van der Waals surface area contributed by atoms with Gasteiger partial charge in [-0.1, -0.05) is 0 Å². The van der Waals surface area contributed by atoms with Crippen molar-refractivity contribution in [1.82, 2.24) is 14.6 Å². The molecule has 20 heavy (non-hydrogen) atoms. The van der Waals surface area contributed by atoms with Crippen LogP contribution in [0.25, 0.3) is 0 Å². The highest BCUT2D eigenvalue weighted by molar-refractivity contribution is 7.89. The normalized spacial score (nSPS) is 17.2. The molecule has 1 aliphatic heterocycles. The lowest BCUT2D eigenvalue weighted by atomic mass is 10.1. The second-order valence-corrected chi connectivity index (χ2v) is 6.29. The van der Waals surface area contributed by atoms with E-state index in [2.05, 4.69) is 10.3 Å². The van der Waals surface area contributed by atoms with Gasteiger partial charge in [-0.2, -0.15) is 9.57 Å². The minimum atomic E-state index is -3.66. The average molecular weight is 317 g/mol. The SMILES string of the molecule is CNC1CCN(S(=O)(=O)c2ncccc2C#N)CC1.Cl. The van der Waals surface area contributed by atoms with Gasteiger partial charge in [0, 0.05) is 25.3 Å². The summed E-state index contributed by atoms with van der Waals surface area (Å²) in [5.41, 5.74) is 0.0956. The maximum Gasteiger partial charge on any atom is 0.261 e. The van der Waals surface area contributed by atoms with E-state index in [4.69, 9.17) is 5.26 Å². The summed E-state index contributed by atoms with van der Waals surface area (Å²) in [5.74, 6) is 0. The van der Waals surface area contributed by atoms with E-state index in [1.165, 1.54) is 16.6 Å². The first-order valence-corrected chi connectivity index (χ1v) is 7.56. The van der Waals surface area contributed by atoms with Gasteiger partial charge in [0.15, 0.2) is 5.03 Å². The van der Waals surface area contributed by atoms with Gasteiger partial charge in [-0.05, 0) is 32.0 Å². The van der Waals surface area contributed by atoms with E-state index >= 15 is 0 Å². The predicted octanol–water partition coefficient (Wildman–Crippen LogP) is 0.748. The van der Waals surface area contributed by atoms with E-state index in [0.29, 0.717) is 19.1 Å². The molecule has 0 amide bonds. The van der Waals surface area contributed by atoms with Crippen LogP contribution in [-0.2, 0) is 10.0 Å². The Morgan fingerprint density at radius 2 is 2.10 bits per heavy atom. The van der Waals surface area contributed by atoms with Crippen LogP contribution in [0.3, 0.4) is 0 Å². The maximum atomic E-state index is 12.5. The first-order valence-electron chi connectivity index (χ1n) is 6.12. The van der Waals surface area contributed by atoms with Crippen LogP contribution in [0.1, 0.15) is 18.4 Å². The quantitative estimate of drug-likeness (QED) is 0.889. The van der Waals surface area contributed by atoms with E-state index in [0.717, 1.165) is 12.8 Å². The molecule has 0 aromatic carbocycles. The number of sulfonamides is 1. The van der Waals surface area contributed by atoms with Crippen molar-refractivity contribution in [3.8, 4) is 6.07 Å². The molecule has 0 radical (unpaired) electrons. The lowest BCUT2D eigenvalue weighted by molar-refractivity contribution is 0.297. The summed E-state index contributed by atoms with van der Waals surface area (Å²) in [6.07, 6.45) is 2.93. The van der Waals surface area contributed by atoms with Crippen molar-refractivity contribution in [2.45, 2.75) is 23.9 Å². The molecule has 8 heteroatoms. The first kappa shape index (κ1) is 16.9. The average Bonchev–Trinajstić information content (AvgIpc) is 2.47. The van der Waals surface area contributed by atoms with Gasteiger partial charge in [0.1, 0.15) is 6.07 Å². The van der Waals surface area contributed by atoms with Gasteiger partial charge in [0.05, 0.1) is 5.56 Å². The van der Waals surface area contributed by atoms with E-state index in [9.17, 15) is 8.42 Å². The molecule has 2 heterocycles. The number of nitrogens with zero attached hydrogens (tertiary/aromatic N) is 3. The maximum absolute atomic E-state index is 12.5. The fourth-order valence-corrected chi connectivity index (χ4v) is 3.71. The number of pyridine rings is 1. The molecule has 6 nitrogen and oxygen atoms in total. The molecule has 0 bridgehead atoms.